The Morgan fingerprint density at radius 1 is 1.28 bits per heavy atom. The van der Waals surface area contributed by atoms with Gasteiger partial charge in [0, 0.05) is 20.5 Å². The third-order valence-corrected chi connectivity index (χ3v) is 5.77. The molecule has 1 heterocycles. The number of ether oxygens (including phenoxy) is 1. The van der Waals surface area contributed by atoms with Crippen molar-refractivity contribution in [2.24, 2.45) is 5.10 Å². The first-order valence-electron chi connectivity index (χ1n) is 9.54. The van der Waals surface area contributed by atoms with E-state index in [9.17, 15) is 14.7 Å². The van der Waals surface area contributed by atoms with Gasteiger partial charge in [0.2, 0.25) is 0 Å². The van der Waals surface area contributed by atoms with Crippen LogP contribution < -0.4 is 10.3 Å². The molecule has 0 bridgehead atoms. The van der Waals surface area contributed by atoms with Crippen molar-refractivity contribution in [3.05, 3.63) is 66.0 Å². The first-order chi connectivity index (χ1) is 14.9. The minimum Gasteiger partial charge on any atom is -0.479 e. The van der Waals surface area contributed by atoms with Crippen LogP contribution in [0, 0.1) is 0 Å². The molecule has 7 nitrogen and oxygen atoms in total. The van der Waals surface area contributed by atoms with E-state index in [-0.39, 0.29) is 11.3 Å². The van der Waals surface area contributed by atoms with Crippen LogP contribution in [0.3, 0.4) is 0 Å². The van der Waals surface area contributed by atoms with E-state index in [0.717, 1.165) is 4.47 Å². The molecular weight excluding hydrogens is 566 g/mol. The fourth-order valence-corrected chi connectivity index (χ4v) is 4.18. The van der Waals surface area contributed by atoms with Crippen LogP contribution in [0.25, 0.3) is 10.9 Å². The van der Waals surface area contributed by atoms with E-state index in [4.69, 9.17) is 16.3 Å². The quantitative estimate of drug-likeness (QED) is 0.393. The summed E-state index contributed by atoms with van der Waals surface area (Å²) in [7, 11) is 0. The van der Waals surface area contributed by atoms with E-state index in [1.807, 2.05) is 26.8 Å². The van der Waals surface area contributed by atoms with Crippen LogP contribution in [0.2, 0.25) is 5.02 Å². The van der Waals surface area contributed by atoms with E-state index >= 15 is 0 Å². The zero-order chi connectivity index (χ0) is 23.8. The Bertz CT molecular complexity index is 1300. The number of carboxylic acid groups (broad SMARTS) is 1. The van der Waals surface area contributed by atoms with Crippen molar-refractivity contribution in [3.8, 4) is 5.75 Å². The molecule has 1 atom stereocenters. The number of fused-ring (bicyclic) bond motifs is 1. The van der Waals surface area contributed by atoms with Crippen molar-refractivity contribution in [2.75, 3.05) is 0 Å². The summed E-state index contributed by atoms with van der Waals surface area (Å²) in [6, 6.07) is 8.46. The minimum atomic E-state index is -1.12. The van der Waals surface area contributed by atoms with Crippen LogP contribution in [0.4, 0.5) is 0 Å². The second kappa shape index (κ2) is 9.33. The molecule has 10 heteroatoms. The van der Waals surface area contributed by atoms with Crippen molar-refractivity contribution < 1.29 is 14.6 Å². The van der Waals surface area contributed by atoms with Gasteiger partial charge in [0.15, 0.2) is 6.10 Å². The summed E-state index contributed by atoms with van der Waals surface area (Å²) in [5.41, 5.74) is 0.155. The molecule has 0 aliphatic carbocycles. The van der Waals surface area contributed by atoms with Gasteiger partial charge in [-0.25, -0.2) is 9.78 Å². The molecule has 3 aromatic rings. The highest BCUT2D eigenvalue weighted by molar-refractivity contribution is 9.10. The Labute approximate surface area is 206 Å². The lowest BCUT2D eigenvalue weighted by Gasteiger charge is -2.21. The summed E-state index contributed by atoms with van der Waals surface area (Å²) < 4.78 is 8.04. The summed E-state index contributed by atoms with van der Waals surface area (Å²) in [4.78, 5) is 29.2. The molecule has 3 rings (SSSR count). The first-order valence-corrected chi connectivity index (χ1v) is 11.5. The van der Waals surface area contributed by atoms with Gasteiger partial charge in [-0.3, -0.25) is 4.79 Å². The highest BCUT2D eigenvalue weighted by atomic mass is 79.9. The van der Waals surface area contributed by atoms with Crippen LogP contribution >= 0.6 is 43.5 Å². The van der Waals surface area contributed by atoms with Crippen molar-refractivity contribution in [3.63, 3.8) is 0 Å². The van der Waals surface area contributed by atoms with Gasteiger partial charge < -0.3 is 9.84 Å². The highest BCUT2D eigenvalue weighted by Crippen LogP contribution is 2.33. The molecule has 0 aliphatic rings. The molecule has 0 amide bonds. The van der Waals surface area contributed by atoms with Gasteiger partial charge in [0.25, 0.3) is 5.56 Å². The van der Waals surface area contributed by atoms with E-state index in [0.29, 0.717) is 31.8 Å². The van der Waals surface area contributed by atoms with Gasteiger partial charge in [-0.15, -0.1) is 0 Å². The Balaban J connectivity index is 2.22. The molecule has 1 aromatic heterocycles. The molecular formula is C22H20Br2ClN3O4. The average molecular weight is 586 g/mol. The molecule has 168 valence electrons. The molecule has 0 fully saturated rings. The van der Waals surface area contributed by atoms with E-state index < -0.39 is 17.5 Å². The van der Waals surface area contributed by atoms with Crippen LogP contribution in [0.5, 0.6) is 5.75 Å². The lowest BCUT2D eigenvalue weighted by atomic mass is 9.95. The third-order valence-electron chi connectivity index (χ3n) is 4.47. The Kier molecular flexibility index (Phi) is 7.12. The highest BCUT2D eigenvalue weighted by Gasteiger charge is 2.23. The number of halogens is 3. The molecule has 0 radical (unpaired) electrons. The SMILES string of the molecule is C[C@@H](Oc1c(Br)cc(Cl)cc1C=Nn1c(C(C)(C)C)nc2ccc(Br)cc2c1=O)C(=O)O. The molecule has 32 heavy (non-hydrogen) atoms. The smallest absolute Gasteiger partial charge is 0.344 e. The molecule has 1 N–H and O–H groups in total. The number of benzene rings is 2. The van der Waals surface area contributed by atoms with Crippen LogP contribution in [-0.2, 0) is 10.2 Å². The van der Waals surface area contributed by atoms with Crippen molar-refractivity contribution >= 4 is 66.5 Å². The predicted octanol–water partition coefficient (Wildman–Crippen LogP) is 5.61. The number of carbonyl (C=O) groups is 1. The maximum absolute atomic E-state index is 13.3. The number of aliphatic carboxylic acids is 1. The molecule has 2 aromatic carbocycles. The number of hydrogen-bond donors (Lipinski definition) is 1. The average Bonchev–Trinajstić information content (AvgIpc) is 2.68. The Morgan fingerprint density at radius 2 is 1.97 bits per heavy atom. The standard InChI is InChI=1S/C22H20Br2ClN3O4/c1-11(20(30)31)32-18-12(7-14(25)9-16(18)24)10-26-28-19(29)15-8-13(23)5-6-17(15)27-21(28)22(2,3)4/h5-11H,1-4H3,(H,30,31)/t11-/m1/s1. The summed E-state index contributed by atoms with van der Waals surface area (Å²) in [6.45, 7) is 7.22. The van der Waals surface area contributed by atoms with E-state index in [1.54, 1.807) is 24.3 Å². The first kappa shape index (κ1) is 24.4. The third kappa shape index (κ3) is 5.22. The maximum atomic E-state index is 13.3. The van der Waals surface area contributed by atoms with Gasteiger partial charge in [-0.1, -0.05) is 48.3 Å². The van der Waals surface area contributed by atoms with Crippen molar-refractivity contribution in [1.82, 2.24) is 9.66 Å². The lowest BCUT2D eigenvalue weighted by Crippen LogP contribution is -2.29. The van der Waals surface area contributed by atoms with Gasteiger partial charge in [-0.2, -0.15) is 9.78 Å². The fraction of sp³-hybridized carbons (Fsp3) is 0.273. The van der Waals surface area contributed by atoms with E-state index in [1.165, 1.54) is 17.8 Å². The van der Waals surface area contributed by atoms with Gasteiger partial charge in [-0.05, 0) is 53.2 Å². The number of carboxylic acids is 1. The minimum absolute atomic E-state index is 0.245. The molecule has 0 spiro atoms. The van der Waals surface area contributed by atoms with Gasteiger partial charge >= 0.3 is 5.97 Å². The summed E-state index contributed by atoms with van der Waals surface area (Å²) in [5.74, 6) is -0.406. The van der Waals surface area contributed by atoms with Crippen molar-refractivity contribution in [1.29, 1.82) is 0 Å². The van der Waals surface area contributed by atoms with Crippen LogP contribution in [0.1, 0.15) is 39.1 Å². The number of aromatic nitrogens is 2. The van der Waals surface area contributed by atoms with Crippen molar-refractivity contribution in [2.45, 2.75) is 39.2 Å². The van der Waals surface area contributed by atoms with E-state index in [2.05, 4.69) is 41.9 Å². The normalized spacial score (nSPS) is 13.0. The monoisotopic (exact) mass is 583 g/mol. The fourth-order valence-electron chi connectivity index (χ4n) is 2.89. The number of rotatable bonds is 5. The zero-order valence-electron chi connectivity index (χ0n) is 17.7. The van der Waals surface area contributed by atoms with Gasteiger partial charge in [0.05, 0.1) is 21.6 Å². The summed E-state index contributed by atoms with van der Waals surface area (Å²) in [5, 5.41) is 14.4. The Morgan fingerprint density at radius 3 is 2.59 bits per heavy atom. The maximum Gasteiger partial charge on any atom is 0.344 e. The number of hydrogen-bond acceptors (Lipinski definition) is 5. The topological polar surface area (TPSA) is 93.8 Å². The zero-order valence-corrected chi connectivity index (χ0v) is 21.6. The summed E-state index contributed by atoms with van der Waals surface area (Å²) >= 11 is 12.9. The largest absolute Gasteiger partial charge is 0.479 e. The predicted molar refractivity (Wildman–Crippen MR) is 132 cm³/mol. The molecule has 0 unspecified atom stereocenters. The lowest BCUT2D eigenvalue weighted by molar-refractivity contribution is -0.144. The van der Waals surface area contributed by atoms with Crippen LogP contribution in [0.15, 0.2) is 49.2 Å². The Hall–Kier alpha value is -2.23. The second-order valence-corrected chi connectivity index (χ2v) is 10.3. The second-order valence-electron chi connectivity index (χ2n) is 8.11. The molecule has 0 aliphatic heterocycles. The van der Waals surface area contributed by atoms with Crippen LogP contribution in [-0.4, -0.2) is 33.1 Å². The molecule has 0 saturated carbocycles. The number of nitrogens with zero attached hydrogens (tertiary/aromatic N) is 3. The van der Waals surface area contributed by atoms with Gasteiger partial charge in [0.1, 0.15) is 11.6 Å². The summed E-state index contributed by atoms with van der Waals surface area (Å²) in [6.07, 6.45) is 0.301. The molecule has 0 saturated heterocycles.